The lowest BCUT2D eigenvalue weighted by atomic mass is 9.99. The van der Waals surface area contributed by atoms with Gasteiger partial charge in [-0.05, 0) is 25.8 Å². The predicted octanol–water partition coefficient (Wildman–Crippen LogP) is 0.763. The van der Waals surface area contributed by atoms with Crippen molar-refractivity contribution >= 4 is 5.91 Å². The lowest BCUT2D eigenvalue weighted by Gasteiger charge is -2.27. The fourth-order valence-corrected chi connectivity index (χ4v) is 2.50. The molecule has 0 aliphatic heterocycles. The van der Waals surface area contributed by atoms with Gasteiger partial charge in [0.05, 0.1) is 17.8 Å². The number of hydrogen-bond acceptors (Lipinski definition) is 3. The minimum Gasteiger partial charge on any atom is -0.394 e. The first-order valence-corrected chi connectivity index (χ1v) is 6.00. The largest absolute Gasteiger partial charge is 0.394 e. The average Bonchev–Trinajstić information content (AvgIpc) is 2.86. The van der Waals surface area contributed by atoms with E-state index in [9.17, 15) is 9.90 Å². The van der Waals surface area contributed by atoms with Gasteiger partial charge in [0.15, 0.2) is 0 Å². The Morgan fingerprint density at radius 2 is 2.24 bits per heavy atom. The molecule has 0 aromatic carbocycles. The molecule has 5 heteroatoms. The molecule has 2 N–H and O–H groups in total. The molecule has 2 rings (SSSR count). The number of aryl methyl sites for hydroxylation is 2. The first-order valence-electron chi connectivity index (χ1n) is 6.00. The number of aliphatic hydroxyl groups excluding tert-OH is 1. The van der Waals surface area contributed by atoms with Gasteiger partial charge in [0.25, 0.3) is 5.91 Å². The van der Waals surface area contributed by atoms with Crippen LogP contribution in [0.1, 0.15) is 41.9 Å². The Balaban J connectivity index is 2.13. The molecule has 0 unspecified atom stereocenters. The number of amides is 1. The molecular weight excluding hydrogens is 218 g/mol. The van der Waals surface area contributed by atoms with Gasteiger partial charge in [-0.15, -0.1) is 0 Å². The third-order valence-electron chi connectivity index (χ3n) is 3.48. The van der Waals surface area contributed by atoms with Crippen molar-refractivity contribution in [1.82, 2.24) is 15.1 Å². The Morgan fingerprint density at radius 3 is 2.71 bits per heavy atom. The van der Waals surface area contributed by atoms with E-state index in [4.69, 9.17) is 0 Å². The minimum atomic E-state index is -0.421. The molecule has 1 aliphatic rings. The van der Waals surface area contributed by atoms with Gasteiger partial charge in [0, 0.05) is 7.05 Å². The molecule has 1 fully saturated rings. The summed E-state index contributed by atoms with van der Waals surface area (Å²) in [6.07, 6.45) is 3.83. The van der Waals surface area contributed by atoms with Crippen LogP contribution in [0.15, 0.2) is 6.07 Å². The molecule has 1 aromatic rings. The van der Waals surface area contributed by atoms with Crippen LogP contribution in [0.4, 0.5) is 0 Å². The number of rotatable bonds is 3. The predicted molar refractivity (Wildman–Crippen MR) is 63.7 cm³/mol. The second kappa shape index (κ2) is 4.49. The highest BCUT2D eigenvalue weighted by Crippen LogP contribution is 2.29. The lowest BCUT2D eigenvalue weighted by Crippen LogP contribution is -2.49. The number of nitrogens with zero attached hydrogens (tertiary/aromatic N) is 2. The van der Waals surface area contributed by atoms with Crippen LogP contribution in [0.25, 0.3) is 0 Å². The van der Waals surface area contributed by atoms with Gasteiger partial charge >= 0.3 is 0 Å². The molecule has 5 nitrogen and oxygen atoms in total. The molecule has 0 saturated heterocycles. The van der Waals surface area contributed by atoms with Crippen LogP contribution in [0.2, 0.25) is 0 Å². The van der Waals surface area contributed by atoms with Crippen molar-refractivity contribution in [1.29, 1.82) is 0 Å². The maximum absolute atomic E-state index is 12.1. The monoisotopic (exact) mass is 237 g/mol. The second-order valence-electron chi connectivity index (χ2n) is 4.89. The maximum Gasteiger partial charge on any atom is 0.270 e. The summed E-state index contributed by atoms with van der Waals surface area (Å²) in [4.78, 5) is 12.1. The third kappa shape index (κ3) is 2.34. The van der Waals surface area contributed by atoms with Crippen molar-refractivity contribution in [2.24, 2.45) is 7.05 Å². The number of nitrogens with one attached hydrogen (secondary N) is 1. The van der Waals surface area contributed by atoms with Gasteiger partial charge < -0.3 is 10.4 Å². The normalized spacial score (nSPS) is 18.3. The Morgan fingerprint density at radius 1 is 1.59 bits per heavy atom. The lowest BCUT2D eigenvalue weighted by molar-refractivity contribution is 0.0829. The fourth-order valence-electron chi connectivity index (χ4n) is 2.50. The summed E-state index contributed by atoms with van der Waals surface area (Å²) in [7, 11) is 1.75. The summed E-state index contributed by atoms with van der Waals surface area (Å²) in [6.45, 7) is 1.86. The van der Waals surface area contributed by atoms with Crippen molar-refractivity contribution in [3.63, 3.8) is 0 Å². The van der Waals surface area contributed by atoms with Crippen LogP contribution in [0.3, 0.4) is 0 Å². The number of aromatic nitrogens is 2. The Bertz CT molecular complexity index is 419. The molecule has 1 amide bonds. The van der Waals surface area contributed by atoms with E-state index in [1.54, 1.807) is 17.8 Å². The van der Waals surface area contributed by atoms with Gasteiger partial charge in [-0.3, -0.25) is 9.48 Å². The minimum absolute atomic E-state index is 0.00950. The van der Waals surface area contributed by atoms with Crippen LogP contribution >= 0.6 is 0 Å². The van der Waals surface area contributed by atoms with E-state index in [2.05, 4.69) is 10.4 Å². The van der Waals surface area contributed by atoms with Crippen LogP contribution < -0.4 is 5.32 Å². The summed E-state index contributed by atoms with van der Waals surface area (Å²) in [5.41, 5.74) is 0.944. The fraction of sp³-hybridized carbons (Fsp3) is 0.667. The number of carbonyl (C=O) groups is 1. The summed E-state index contributed by atoms with van der Waals surface area (Å²) in [6, 6.07) is 1.76. The van der Waals surface area contributed by atoms with Crippen molar-refractivity contribution in [2.45, 2.75) is 38.1 Å². The van der Waals surface area contributed by atoms with E-state index in [-0.39, 0.29) is 12.5 Å². The quantitative estimate of drug-likeness (QED) is 0.815. The smallest absolute Gasteiger partial charge is 0.270 e. The van der Waals surface area contributed by atoms with E-state index < -0.39 is 5.54 Å². The van der Waals surface area contributed by atoms with E-state index in [0.717, 1.165) is 31.4 Å². The standard InChI is InChI=1S/C12H19N3O2/c1-9-7-10(15(2)14-9)11(17)13-12(8-16)5-3-4-6-12/h7,16H,3-6,8H2,1-2H3,(H,13,17). The molecule has 94 valence electrons. The van der Waals surface area contributed by atoms with Gasteiger partial charge in [-0.2, -0.15) is 5.10 Å². The Hall–Kier alpha value is -1.36. The molecule has 17 heavy (non-hydrogen) atoms. The zero-order valence-corrected chi connectivity index (χ0v) is 10.4. The number of hydrogen-bond donors (Lipinski definition) is 2. The molecule has 0 radical (unpaired) electrons. The molecule has 1 heterocycles. The van der Waals surface area contributed by atoms with E-state index in [0.29, 0.717) is 5.69 Å². The zero-order valence-electron chi connectivity index (χ0n) is 10.4. The van der Waals surface area contributed by atoms with Crippen LogP contribution in [0.5, 0.6) is 0 Å². The van der Waals surface area contributed by atoms with Crippen LogP contribution in [-0.2, 0) is 7.05 Å². The highest BCUT2D eigenvalue weighted by molar-refractivity contribution is 5.93. The maximum atomic E-state index is 12.1. The van der Waals surface area contributed by atoms with Crippen molar-refractivity contribution in [3.05, 3.63) is 17.5 Å². The summed E-state index contributed by atoms with van der Waals surface area (Å²) in [5.74, 6) is -0.149. The number of carbonyl (C=O) groups excluding carboxylic acids is 1. The highest BCUT2D eigenvalue weighted by atomic mass is 16.3. The molecule has 0 spiro atoms. The molecule has 0 bridgehead atoms. The van der Waals surface area contributed by atoms with Gasteiger partial charge in [-0.25, -0.2) is 0 Å². The Kier molecular flexibility index (Phi) is 3.19. The Labute approximate surface area is 101 Å². The highest BCUT2D eigenvalue weighted by Gasteiger charge is 2.35. The van der Waals surface area contributed by atoms with E-state index in [1.807, 2.05) is 6.92 Å². The average molecular weight is 237 g/mol. The molecular formula is C12H19N3O2. The third-order valence-corrected chi connectivity index (χ3v) is 3.48. The molecule has 1 aliphatic carbocycles. The zero-order chi connectivity index (χ0) is 12.5. The summed E-state index contributed by atoms with van der Waals surface area (Å²) >= 11 is 0. The van der Waals surface area contributed by atoms with Gasteiger partial charge in [0.2, 0.25) is 0 Å². The van der Waals surface area contributed by atoms with Crippen molar-refractivity contribution in [2.75, 3.05) is 6.61 Å². The summed E-state index contributed by atoms with van der Waals surface area (Å²) < 4.78 is 1.57. The van der Waals surface area contributed by atoms with Crippen LogP contribution in [0, 0.1) is 6.92 Å². The SMILES string of the molecule is Cc1cc(C(=O)NC2(CO)CCCC2)n(C)n1. The first-order chi connectivity index (χ1) is 8.06. The molecule has 1 aromatic heterocycles. The number of aliphatic hydroxyl groups is 1. The topological polar surface area (TPSA) is 67.2 Å². The summed E-state index contributed by atoms with van der Waals surface area (Å²) in [5, 5.41) is 16.6. The van der Waals surface area contributed by atoms with E-state index in [1.165, 1.54) is 0 Å². The molecule has 1 saturated carbocycles. The van der Waals surface area contributed by atoms with Gasteiger partial charge in [0.1, 0.15) is 5.69 Å². The van der Waals surface area contributed by atoms with Gasteiger partial charge in [-0.1, -0.05) is 12.8 Å². The molecule has 0 atom stereocenters. The van der Waals surface area contributed by atoms with Crippen molar-refractivity contribution < 1.29 is 9.90 Å². The van der Waals surface area contributed by atoms with Crippen molar-refractivity contribution in [3.8, 4) is 0 Å². The van der Waals surface area contributed by atoms with Crippen LogP contribution in [-0.4, -0.2) is 32.9 Å². The van der Waals surface area contributed by atoms with E-state index >= 15 is 0 Å². The second-order valence-corrected chi connectivity index (χ2v) is 4.89. The first kappa shape index (κ1) is 12.1.